The second-order valence-corrected chi connectivity index (χ2v) is 5.97. The fourth-order valence-corrected chi connectivity index (χ4v) is 2.23. The number of hydrogen-bond acceptors (Lipinski definition) is 4. The summed E-state index contributed by atoms with van der Waals surface area (Å²) >= 11 is 0. The SMILES string of the molecule is CC(O)(CNC(=O)N1CCN(CC2CC2)CC1)C(=O)O. The minimum Gasteiger partial charge on any atom is -0.479 e. The van der Waals surface area contributed by atoms with Crippen LogP contribution in [0.1, 0.15) is 19.8 Å². The van der Waals surface area contributed by atoms with Gasteiger partial charge >= 0.3 is 12.0 Å². The van der Waals surface area contributed by atoms with Crippen LogP contribution in [0.25, 0.3) is 0 Å². The molecule has 2 fully saturated rings. The van der Waals surface area contributed by atoms with Crippen LogP contribution >= 0.6 is 0 Å². The summed E-state index contributed by atoms with van der Waals surface area (Å²) in [7, 11) is 0. The zero-order valence-corrected chi connectivity index (χ0v) is 11.8. The number of nitrogens with zero attached hydrogens (tertiary/aromatic N) is 2. The third-order valence-electron chi connectivity index (χ3n) is 3.92. The van der Waals surface area contributed by atoms with Crippen LogP contribution < -0.4 is 5.32 Å². The Balaban J connectivity index is 1.70. The van der Waals surface area contributed by atoms with Crippen LogP contribution in [0.3, 0.4) is 0 Å². The molecule has 0 aromatic heterocycles. The quantitative estimate of drug-likeness (QED) is 0.637. The first-order chi connectivity index (χ1) is 9.38. The van der Waals surface area contributed by atoms with Crippen molar-refractivity contribution in [1.29, 1.82) is 0 Å². The lowest BCUT2D eigenvalue weighted by atomic mass is 10.1. The Morgan fingerprint density at radius 1 is 1.25 bits per heavy atom. The summed E-state index contributed by atoms with van der Waals surface area (Å²) in [4.78, 5) is 26.7. The number of urea groups is 1. The first-order valence-electron chi connectivity index (χ1n) is 7.09. The van der Waals surface area contributed by atoms with Crippen LogP contribution in [0.15, 0.2) is 0 Å². The summed E-state index contributed by atoms with van der Waals surface area (Å²) in [5.41, 5.74) is -1.93. The van der Waals surface area contributed by atoms with Gasteiger partial charge in [0, 0.05) is 32.7 Å². The molecule has 0 spiro atoms. The Kier molecular flexibility index (Phi) is 4.49. The van der Waals surface area contributed by atoms with E-state index < -0.39 is 11.6 Å². The smallest absolute Gasteiger partial charge is 0.337 e. The molecular formula is C13H23N3O4. The van der Waals surface area contributed by atoms with Crippen molar-refractivity contribution in [2.75, 3.05) is 39.3 Å². The highest BCUT2D eigenvalue weighted by Crippen LogP contribution is 2.29. The topological polar surface area (TPSA) is 93.1 Å². The van der Waals surface area contributed by atoms with Crippen LogP contribution in [-0.2, 0) is 4.79 Å². The summed E-state index contributed by atoms with van der Waals surface area (Å²) in [6.07, 6.45) is 2.65. The van der Waals surface area contributed by atoms with Gasteiger partial charge in [0.15, 0.2) is 5.60 Å². The molecule has 2 aliphatic rings. The molecule has 2 rings (SSSR count). The Hall–Kier alpha value is -1.34. The van der Waals surface area contributed by atoms with Crippen LogP contribution in [-0.4, -0.2) is 76.9 Å². The predicted molar refractivity (Wildman–Crippen MR) is 72.4 cm³/mol. The first-order valence-corrected chi connectivity index (χ1v) is 7.09. The monoisotopic (exact) mass is 285 g/mol. The summed E-state index contributed by atoms with van der Waals surface area (Å²) in [6, 6.07) is -0.308. The molecule has 7 heteroatoms. The first kappa shape index (κ1) is 15.1. The molecule has 114 valence electrons. The highest BCUT2D eigenvalue weighted by atomic mass is 16.4. The number of aliphatic hydroxyl groups is 1. The Morgan fingerprint density at radius 2 is 1.85 bits per heavy atom. The number of carboxylic acids is 1. The van der Waals surface area contributed by atoms with Crippen molar-refractivity contribution in [1.82, 2.24) is 15.1 Å². The van der Waals surface area contributed by atoms with Crippen molar-refractivity contribution in [2.45, 2.75) is 25.4 Å². The highest BCUT2D eigenvalue weighted by molar-refractivity contribution is 5.79. The molecule has 7 nitrogen and oxygen atoms in total. The maximum atomic E-state index is 11.9. The van der Waals surface area contributed by atoms with Gasteiger partial charge in [0.05, 0.1) is 6.54 Å². The largest absolute Gasteiger partial charge is 0.479 e. The minimum absolute atomic E-state index is 0.288. The number of piperazine rings is 1. The maximum absolute atomic E-state index is 11.9. The van der Waals surface area contributed by atoms with E-state index in [-0.39, 0.29) is 12.6 Å². The van der Waals surface area contributed by atoms with Crippen LogP contribution in [0.2, 0.25) is 0 Å². The second-order valence-electron chi connectivity index (χ2n) is 5.97. The van der Waals surface area contributed by atoms with Crippen molar-refractivity contribution in [3.63, 3.8) is 0 Å². The van der Waals surface area contributed by atoms with E-state index in [0.29, 0.717) is 13.1 Å². The number of carboxylic acid groups (broad SMARTS) is 1. The molecule has 2 amide bonds. The molecule has 1 aliphatic heterocycles. The van der Waals surface area contributed by atoms with Gasteiger partial charge in [-0.3, -0.25) is 4.90 Å². The lowest BCUT2D eigenvalue weighted by Crippen LogP contribution is -2.55. The number of hydrogen-bond donors (Lipinski definition) is 3. The molecular weight excluding hydrogens is 262 g/mol. The lowest BCUT2D eigenvalue weighted by Gasteiger charge is -2.35. The Labute approximate surface area is 118 Å². The number of amides is 2. The molecule has 0 bridgehead atoms. The Morgan fingerprint density at radius 3 is 2.35 bits per heavy atom. The number of carbonyl (C=O) groups is 2. The Bertz CT molecular complexity index is 374. The molecule has 1 saturated heterocycles. The van der Waals surface area contributed by atoms with Gasteiger partial charge in [-0.1, -0.05) is 0 Å². The van der Waals surface area contributed by atoms with E-state index in [1.807, 2.05) is 0 Å². The van der Waals surface area contributed by atoms with E-state index >= 15 is 0 Å². The fourth-order valence-electron chi connectivity index (χ4n) is 2.23. The van der Waals surface area contributed by atoms with Gasteiger partial charge in [-0.15, -0.1) is 0 Å². The minimum atomic E-state index is -1.93. The molecule has 0 aromatic rings. The van der Waals surface area contributed by atoms with Crippen molar-refractivity contribution >= 4 is 12.0 Å². The highest BCUT2D eigenvalue weighted by Gasteiger charge is 2.32. The van der Waals surface area contributed by atoms with Crippen LogP contribution in [0.5, 0.6) is 0 Å². The molecule has 1 aliphatic carbocycles. The zero-order valence-electron chi connectivity index (χ0n) is 11.8. The van der Waals surface area contributed by atoms with Gasteiger partial charge < -0.3 is 20.4 Å². The zero-order chi connectivity index (χ0) is 14.8. The van der Waals surface area contributed by atoms with E-state index in [0.717, 1.165) is 25.6 Å². The number of rotatable bonds is 5. The number of aliphatic carboxylic acids is 1. The molecule has 0 aromatic carbocycles. The third-order valence-corrected chi connectivity index (χ3v) is 3.92. The molecule has 3 N–H and O–H groups in total. The van der Waals surface area contributed by atoms with Gasteiger partial charge in [0.1, 0.15) is 0 Å². The van der Waals surface area contributed by atoms with Crippen LogP contribution in [0, 0.1) is 5.92 Å². The molecule has 1 atom stereocenters. The van der Waals surface area contributed by atoms with E-state index in [2.05, 4.69) is 10.2 Å². The normalized spacial score (nSPS) is 23.2. The van der Waals surface area contributed by atoms with Crippen molar-refractivity contribution in [2.24, 2.45) is 5.92 Å². The van der Waals surface area contributed by atoms with Gasteiger partial charge in [-0.25, -0.2) is 9.59 Å². The van der Waals surface area contributed by atoms with Gasteiger partial charge in [0.25, 0.3) is 0 Å². The standard InChI is InChI=1S/C13H23N3O4/c1-13(20,11(17)18)9-14-12(19)16-6-4-15(5-7-16)8-10-2-3-10/h10,20H,2-9H2,1H3,(H,14,19)(H,17,18). The number of carbonyl (C=O) groups excluding carboxylic acids is 1. The van der Waals surface area contributed by atoms with Gasteiger partial charge in [-0.2, -0.15) is 0 Å². The van der Waals surface area contributed by atoms with Gasteiger partial charge in [-0.05, 0) is 25.7 Å². The summed E-state index contributed by atoms with van der Waals surface area (Å²) in [6.45, 7) is 5.02. The second kappa shape index (κ2) is 5.97. The summed E-state index contributed by atoms with van der Waals surface area (Å²) in [5, 5.41) is 20.8. The predicted octanol–water partition coefficient (Wildman–Crippen LogP) is -0.441. The molecule has 1 unspecified atom stereocenters. The summed E-state index contributed by atoms with van der Waals surface area (Å²) < 4.78 is 0. The van der Waals surface area contributed by atoms with Gasteiger partial charge in [0.2, 0.25) is 0 Å². The fraction of sp³-hybridized carbons (Fsp3) is 0.846. The summed E-state index contributed by atoms with van der Waals surface area (Å²) in [5.74, 6) is -0.493. The average molecular weight is 285 g/mol. The lowest BCUT2D eigenvalue weighted by molar-refractivity contribution is -0.155. The van der Waals surface area contributed by atoms with Crippen molar-refractivity contribution in [3.8, 4) is 0 Å². The molecule has 1 heterocycles. The maximum Gasteiger partial charge on any atom is 0.337 e. The molecule has 0 radical (unpaired) electrons. The van der Waals surface area contributed by atoms with Crippen LogP contribution in [0.4, 0.5) is 4.79 Å². The average Bonchev–Trinajstić information content (AvgIpc) is 3.21. The van der Waals surface area contributed by atoms with Crippen molar-refractivity contribution in [3.05, 3.63) is 0 Å². The molecule has 1 saturated carbocycles. The third kappa shape index (κ3) is 4.08. The van der Waals surface area contributed by atoms with E-state index in [9.17, 15) is 14.7 Å². The number of nitrogens with one attached hydrogen (secondary N) is 1. The van der Waals surface area contributed by atoms with E-state index in [1.165, 1.54) is 19.8 Å². The molecule has 20 heavy (non-hydrogen) atoms. The van der Waals surface area contributed by atoms with Crippen molar-refractivity contribution < 1.29 is 19.8 Å². The van der Waals surface area contributed by atoms with E-state index in [1.54, 1.807) is 4.90 Å². The van der Waals surface area contributed by atoms with E-state index in [4.69, 9.17) is 5.11 Å².